The van der Waals surface area contributed by atoms with Gasteiger partial charge in [0, 0.05) is 20.2 Å². The number of carbonyl (C=O) groups excluding carboxylic acids is 4. The highest BCUT2D eigenvalue weighted by Gasteiger charge is 2.76. The number of aliphatic hydroxyl groups is 1. The van der Waals surface area contributed by atoms with E-state index < -0.39 is 59.4 Å². The number of rotatable bonds is 12. The summed E-state index contributed by atoms with van der Waals surface area (Å²) >= 11 is 0. The van der Waals surface area contributed by atoms with Gasteiger partial charge in [0.2, 0.25) is 11.8 Å². The first-order valence-corrected chi connectivity index (χ1v) is 21.3. The highest BCUT2D eigenvalue weighted by atomic mass is 16.6. The second kappa shape index (κ2) is 17.8. The predicted molar refractivity (Wildman–Crippen MR) is 233 cm³/mol. The molecule has 0 unspecified atom stereocenters. The summed E-state index contributed by atoms with van der Waals surface area (Å²) in [5, 5.41) is 9.55. The average Bonchev–Trinajstić information content (AvgIpc) is 3.79. The number of morpholine rings is 1. The monoisotopic (exact) mass is 867 g/mol. The van der Waals surface area contributed by atoms with Crippen LogP contribution < -0.4 is 19.1 Å². The number of hydrogen-bond donors (Lipinski definition) is 1. The minimum Gasteiger partial charge on any atom is -0.493 e. The number of carbonyl (C=O) groups is 4. The molecule has 0 aromatic heterocycles. The van der Waals surface area contributed by atoms with E-state index in [1.807, 2.05) is 89.8 Å². The molecule has 4 aliphatic rings. The second-order valence-corrected chi connectivity index (χ2v) is 16.2. The molecule has 0 saturated carbocycles. The van der Waals surface area contributed by atoms with Crippen molar-refractivity contribution in [3.8, 4) is 17.2 Å². The molecular formula is C50H49N3O11. The van der Waals surface area contributed by atoms with Gasteiger partial charge in [-0.3, -0.25) is 19.3 Å². The molecule has 0 aliphatic carbocycles. The molecular weight excluding hydrogens is 819 g/mol. The number of cyclic esters (lactones) is 1. The molecule has 14 nitrogen and oxygen atoms in total. The molecule has 2 fully saturated rings. The number of methoxy groups -OCH3 is 3. The fraction of sp³-hybridized carbons (Fsp3) is 0.320. The lowest BCUT2D eigenvalue weighted by molar-refractivity contribution is -0.179. The summed E-state index contributed by atoms with van der Waals surface area (Å²) in [5.74, 6) is -1.74. The number of anilines is 1. The average molecular weight is 868 g/mol. The third kappa shape index (κ3) is 7.02. The van der Waals surface area contributed by atoms with Crippen LogP contribution in [0.4, 0.5) is 10.5 Å². The minimum atomic E-state index is -1.92. The van der Waals surface area contributed by atoms with E-state index >= 15 is 14.4 Å². The molecule has 330 valence electrons. The van der Waals surface area contributed by atoms with E-state index in [1.54, 1.807) is 55.5 Å². The van der Waals surface area contributed by atoms with Crippen LogP contribution in [0.3, 0.4) is 0 Å². The molecule has 3 amide bonds. The Morgan fingerprint density at radius 3 is 2.08 bits per heavy atom. The van der Waals surface area contributed by atoms with Crippen molar-refractivity contribution in [1.82, 2.24) is 9.80 Å². The number of benzene rings is 5. The number of esters is 1. The first kappa shape index (κ1) is 42.6. The van der Waals surface area contributed by atoms with Crippen LogP contribution in [-0.2, 0) is 47.0 Å². The van der Waals surface area contributed by atoms with Crippen molar-refractivity contribution in [3.05, 3.63) is 155 Å². The third-order valence-electron chi connectivity index (χ3n) is 12.9. The Kier molecular flexibility index (Phi) is 11.8. The van der Waals surface area contributed by atoms with E-state index in [2.05, 4.69) is 0 Å². The zero-order valence-corrected chi connectivity index (χ0v) is 35.8. The number of nitrogens with zero attached hydrogens (tertiary/aromatic N) is 3. The normalized spacial score (nSPS) is 23.5. The zero-order chi connectivity index (χ0) is 44.5. The SMILES string of the molecule is COCCOC(=O)N1C(=O)[C@@]2(c3ccccc31)[C@H](c1ccc(OCCO)cc1)N1[C@H](c3ccccc3)[C@H](c3ccccc3)OC(=O)[C@H]1[C@@H]2C(=O)N1CCc2cc(OC)c(OC)cc2C1. The molecule has 4 aliphatic heterocycles. The van der Waals surface area contributed by atoms with Crippen LogP contribution in [0.5, 0.6) is 17.2 Å². The van der Waals surface area contributed by atoms with Crippen LogP contribution in [0, 0.1) is 5.92 Å². The Balaban J connectivity index is 1.30. The minimum absolute atomic E-state index is 0.0573. The Morgan fingerprint density at radius 1 is 0.750 bits per heavy atom. The van der Waals surface area contributed by atoms with Gasteiger partial charge in [0.05, 0.1) is 51.1 Å². The second-order valence-electron chi connectivity index (χ2n) is 16.2. The molecule has 64 heavy (non-hydrogen) atoms. The van der Waals surface area contributed by atoms with Crippen molar-refractivity contribution in [3.63, 3.8) is 0 Å². The van der Waals surface area contributed by atoms with E-state index in [-0.39, 0.29) is 45.2 Å². The van der Waals surface area contributed by atoms with Crippen molar-refractivity contribution in [1.29, 1.82) is 0 Å². The lowest BCUT2D eigenvalue weighted by Gasteiger charge is -2.46. The molecule has 2 saturated heterocycles. The van der Waals surface area contributed by atoms with Crippen molar-refractivity contribution < 1.29 is 52.7 Å². The van der Waals surface area contributed by atoms with Gasteiger partial charge in [-0.15, -0.1) is 0 Å². The summed E-state index contributed by atoms with van der Waals surface area (Å²) in [6.07, 6.45) is -1.35. The van der Waals surface area contributed by atoms with Gasteiger partial charge < -0.3 is 38.4 Å². The van der Waals surface area contributed by atoms with Gasteiger partial charge >= 0.3 is 12.1 Å². The lowest BCUT2D eigenvalue weighted by atomic mass is 9.65. The molecule has 0 bridgehead atoms. The van der Waals surface area contributed by atoms with Crippen LogP contribution in [0.25, 0.3) is 0 Å². The van der Waals surface area contributed by atoms with Gasteiger partial charge in [0.15, 0.2) is 11.5 Å². The molecule has 0 radical (unpaired) electrons. The summed E-state index contributed by atoms with van der Waals surface area (Å²) in [5.41, 5.74) is 2.61. The highest BCUT2D eigenvalue weighted by molar-refractivity contribution is 6.23. The maximum Gasteiger partial charge on any atom is 0.421 e. The number of fused-ring (bicyclic) bond motifs is 4. The Morgan fingerprint density at radius 2 is 1.41 bits per heavy atom. The quantitative estimate of drug-likeness (QED) is 0.114. The van der Waals surface area contributed by atoms with Gasteiger partial charge in [0.25, 0.3) is 0 Å². The fourth-order valence-corrected chi connectivity index (χ4v) is 10.3. The summed E-state index contributed by atoms with van der Waals surface area (Å²) in [6, 6.07) is 33.7. The summed E-state index contributed by atoms with van der Waals surface area (Å²) in [4.78, 5) is 66.7. The number of hydrogen-bond acceptors (Lipinski definition) is 12. The van der Waals surface area contributed by atoms with Crippen LogP contribution >= 0.6 is 0 Å². The van der Waals surface area contributed by atoms with Crippen molar-refractivity contribution >= 4 is 29.6 Å². The van der Waals surface area contributed by atoms with Gasteiger partial charge in [-0.1, -0.05) is 91.0 Å². The number of imide groups is 1. The van der Waals surface area contributed by atoms with Gasteiger partial charge in [-0.05, 0) is 70.1 Å². The van der Waals surface area contributed by atoms with Crippen molar-refractivity contribution in [2.75, 3.05) is 59.2 Å². The van der Waals surface area contributed by atoms with Gasteiger partial charge in [-0.2, -0.15) is 0 Å². The summed E-state index contributed by atoms with van der Waals surface area (Å²) < 4.78 is 34.5. The zero-order valence-electron chi connectivity index (χ0n) is 35.8. The maximum absolute atomic E-state index is 16.2. The van der Waals surface area contributed by atoms with Gasteiger partial charge in [-0.25, -0.2) is 9.69 Å². The Hall–Kier alpha value is -6.74. The Labute approximate surface area is 370 Å². The topological polar surface area (TPSA) is 154 Å². The smallest absolute Gasteiger partial charge is 0.421 e. The van der Waals surface area contributed by atoms with Gasteiger partial charge in [0.1, 0.15) is 36.5 Å². The Bertz CT molecular complexity index is 2540. The molecule has 1 N–H and O–H groups in total. The molecule has 14 heteroatoms. The number of aliphatic hydroxyl groups excluding tert-OH is 1. The molecule has 6 atom stereocenters. The summed E-state index contributed by atoms with van der Waals surface area (Å²) in [7, 11) is 4.60. The number of para-hydroxylation sites is 1. The molecule has 1 spiro atoms. The standard InChI is InChI=1S/C50H49N3O11/c1-59-26-27-63-49(58)52-38-17-11-10-16-37(38)50(48(52)57)41(46(55)51-23-22-34-28-39(60-2)40(61-3)29-35(34)30-51)43-47(56)64-44(32-14-8-5-9-15-32)42(31-12-6-4-7-13-31)53(43)45(50)33-18-20-36(21-19-33)62-25-24-54/h4-21,28-29,41-45,54H,22-27,30H2,1-3H3/t41-,42-,43-,44+,45+,50-/m1/s1. The van der Waals surface area contributed by atoms with Crippen LogP contribution in [0.15, 0.2) is 121 Å². The first-order valence-electron chi connectivity index (χ1n) is 21.3. The lowest BCUT2D eigenvalue weighted by Crippen LogP contribution is -2.57. The highest BCUT2D eigenvalue weighted by Crippen LogP contribution is 2.66. The third-order valence-corrected chi connectivity index (χ3v) is 12.9. The molecule has 4 heterocycles. The van der Waals surface area contributed by atoms with E-state index in [4.69, 9.17) is 28.4 Å². The van der Waals surface area contributed by atoms with E-state index in [1.165, 1.54) is 7.11 Å². The molecule has 5 aromatic rings. The fourth-order valence-electron chi connectivity index (χ4n) is 10.3. The van der Waals surface area contributed by atoms with E-state index in [9.17, 15) is 9.90 Å². The van der Waals surface area contributed by atoms with Crippen LogP contribution in [-0.4, -0.2) is 99.1 Å². The largest absolute Gasteiger partial charge is 0.493 e. The number of ether oxygens (including phenoxy) is 6. The molecule has 9 rings (SSSR count). The number of amides is 3. The van der Waals surface area contributed by atoms with Crippen molar-refractivity contribution in [2.24, 2.45) is 5.92 Å². The summed E-state index contributed by atoms with van der Waals surface area (Å²) in [6.45, 7) is 0.234. The van der Waals surface area contributed by atoms with Crippen LogP contribution in [0.2, 0.25) is 0 Å². The predicted octanol–water partition coefficient (Wildman–Crippen LogP) is 6.11. The first-order chi connectivity index (χ1) is 31.3. The van der Waals surface area contributed by atoms with Crippen molar-refractivity contribution in [2.45, 2.75) is 42.6 Å². The van der Waals surface area contributed by atoms with E-state index in [0.717, 1.165) is 27.2 Å². The maximum atomic E-state index is 16.2. The van der Waals surface area contributed by atoms with Crippen LogP contribution in [0.1, 0.15) is 51.6 Å². The molecule has 5 aromatic carbocycles. The van der Waals surface area contributed by atoms with E-state index in [0.29, 0.717) is 34.8 Å².